The second-order valence-electron chi connectivity index (χ2n) is 5.49. The summed E-state index contributed by atoms with van der Waals surface area (Å²) in [7, 11) is -2.14. The Labute approximate surface area is 137 Å². The van der Waals surface area contributed by atoms with Gasteiger partial charge in [0.25, 0.3) is 10.0 Å². The summed E-state index contributed by atoms with van der Waals surface area (Å²) in [4.78, 5) is 4.28. The van der Waals surface area contributed by atoms with Gasteiger partial charge in [-0.1, -0.05) is 13.8 Å². The lowest BCUT2D eigenvalue weighted by molar-refractivity contribution is 0.414. The van der Waals surface area contributed by atoms with Crippen LogP contribution in [0.5, 0.6) is 5.75 Å². The van der Waals surface area contributed by atoms with E-state index < -0.39 is 10.0 Å². The number of aromatic nitrogens is 1. The largest absolute Gasteiger partial charge is 0.497 e. The van der Waals surface area contributed by atoms with Gasteiger partial charge in [-0.2, -0.15) is 0 Å². The predicted molar refractivity (Wildman–Crippen MR) is 91.4 cm³/mol. The quantitative estimate of drug-likeness (QED) is 0.813. The molecule has 0 atom stereocenters. The Bertz CT molecular complexity index is 726. The van der Waals surface area contributed by atoms with E-state index in [9.17, 15) is 8.42 Å². The van der Waals surface area contributed by atoms with Crippen molar-refractivity contribution in [3.8, 4) is 5.75 Å². The average molecular weight is 335 g/mol. The van der Waals surface area contributed by atoms with E-state index in [1.54, 1.807) is 30.5 Å². The van der Waals surface area contributed by atoms with Crippen molar-refractivity contribution >= 4 is 21.5 Å². The zero-order valence-electron chi connectivity index (χ0n) is 13.4. The fourth-order valence-corrected chi connectivity index (χ4v) is 2.84. The molecule has 0 aliphatic carbocycles. The van der Waals surface area contributed by atoms with Crippen LogP contribution in [0.15, 0.2) is 47.5 Å². The van der Waals surface area contributed by atoms with Gasteiger partial charge in [-0.05, 0) is 42.3 Å². The van der Waals surface area contributed by atoms with Gasteiger partial charge in [0.15, 0.2) is 0 Å². The molecular weight excluding hydrogens is 314 g/mol. The van der Waals surface area contributed by atoms with E-state index in [1.165, 1.54) is 19.2 Å². The Balaban J connectivity index is 2.07. The van der Waals surface area contributed by atoms with E-state index in [1.807, 2.05) is 0 Å². The number of nitrogens with one attached hydrogen (secondary N) is 2. The fourth-order valence-electron chi connectivity index (χ4n) is 1.83. The number of ether oxygens (including phenoxy) is 1. The Hall–Kier alpha value is -2.28. The molecule has 1 aromatic carbocycles. The molecule has 7 heteroatoms. The van der Waals surface area contributed by atoms with E-state index in [2.05, 4.69) is 28.9 Å². The molecule has 0 saturated heterocycles. The van der Waals surface area contributed by atoms with Crippen LogP contribution in [-0.4, -0.2) is 27.1 Å². The van der Waals surface area contributed by atoms with E-state index in [4.69, 9.17) is 4.74 Å². The number of methoxy groups -OCH3 is 1. The Kier molecular flexibility index (Phi) is 5.44. The van der Waals surface area contributed by atoms with Crippen molar-refractivity contribution in [1.82, 2.24) is 4.98 Å². The first-order valence-electron chi connectivity index (χ1n) is 7.27. The van der Waals surface area contributed by atoms with Crippen LogP contribution in [0.25, 0.3) is 0 Å². The van der Waals surface area contributed by atoms with E-state index in [-0.39, 0.29) is 10.7 Å². The first-order chi connectivity index (χ1) is 10.9. The minimum atomic E-state index is -3.67. The van der Waals surface area contributed by atoms with Crippen LogP contribution < -0.4 is 14.8 Å². The highest BCUT2D eigenvalue weighted by atomic mass is 32.2. The van der Waals surface area contributed by atoms with Crippen LogP contribution in [0.4, 0.5) is 11.5 Å². The van der Waals surface area contributed by atoms with Gasteiger partial charge in [0.1, 0.15) is 11.6 Å². The summed E-state index contributed by atoms with van der Waals surface area (Å²) in [6, 6.07) is 9.59. The van der Waals surface area contributed by atoms with E-state index in [0.717, 1.165) is 12.2 Å². The van der Waals surface area contributed by atoms with Crippen LogP contribution in [0.3, 0.4) is 0 Å². The van der Waals surface area contributed by atoms with Gasteiger partial charge in [0.2, 0.25) is 0 Å². The van der Waals surface area contributed by atoms with Gasteiger partial charge < -0.3 is 10.1 Å². The van der Waals surface area contributed by atoms with Crippen molar-refractivity contribution in [3.05, 3.63) is 42.6 Å². The lowest BCUT2D eigenvalue weighted by atomic mass is 10.2. The lowest BCUT2D eigenvalue weighted by Crippen LogP contribution is -2.14. The van der Waals surface area contributed by atoms with E-state index in [0.29, 0.717) is 11.7 Å². The van der Waals surface area contributed by atoms with Gasteiger partial charge >= 0.3 is 0 Å². The molecule has 2 rings (SSSR count). The van der Waals surface area contributed by atoms with Crippen molar-refractivity contribution in [1.29, 1.82) is 0 Å². The molecule has 2 N–H and O–H groups in total. The minimum Gasteiger partial charge on any atom is -0.497 e. The highest BCUT2D eigenvalue weighted by Crippen LogP contribution is 2.19. The molecule has 23 heavy (non-hydrogen) atoms. The number of rotatable bonds is 7. The number of pyridine rings is 1. The normalized spacial score (nSPS) is 11.3. The van der Waals surface area contributed by atoms with Crippen molar-refractivity contribution < 1.29 is 13.2 Å². The molecule has 0 radical (unpaired) electrons. The molecule has 1 heterocycles. The first-order valence-corrected chi connectivity index (χ1v) is 8.76. The fraction of sp³-hybridized carbons (Fsp3) is 0.312. The first kappa shape index (κ1) is 17.1. The molecule has 1 aromatic heterocycles. The molecule has 0 saturated carbocycles. The summed E-state index contributed by atoms with van der Waals surface area (Å²) in [5, 5.41) is 3.22. The van der Waals surface area contributed by atoms with Gasteiger partial charge in [0, 0.05) is 6.54 Å². The third kappa shape index (κ3) is 4.85. The number of hydrogen-bond acceptors (Lipinski definition) is 5. The molecule has 0 bridgehead atoms. The summed E-state index contributed by atoms with van der Waals surface area (Å²) < 4.78 is 32.1. The summed E-state index contributed by atoms with van der Waals surface area (Å²) >= 11 is 0. The second-order valence-corrected chi connectivity index (χ2v) is 7.17. The van der Waals surface area contributed by atoms with Crippen LogP contribution in [-0.2, 0) is 10.0 Å². The molecule has 2 aromatic rings. The van der Waals surface area contributed by atoms with Crippen molar-refractivity contribution in [2.45, 2.75) is 18.7 Å². The monoisotopic (exact) mass is 335 g/mol. The summed E-state index contributed by atoms with van der Waals surface area (Å²) in [6.07, 6.45) is 1.61. The number of anilines is 2. The maximum atomic E-state index is 12.3. The second kappa shape index (κ2) is 7.32. The Morgan fingerprint density at radius 1 is 1.13 bits per heavy atom. The molecule has 124 valence electrons. The third-order valence-corrected chi connectivity index (χ3v) is 4.46. The summed E-state index contributed by atoms with van der Waals surface area (Å²) in [5.74, 6) is 1.39. The predicted octanol–water partition coefficient (Wildman–Crippen LogP) is 2.96. The average Bonchev–Trinajstić information content (AvgIpc) is 2.54. The van der Waals surface area contributed by atoms with Crippen molar-refractivity contribution in [2.75, 3.05) is 23.7 Å². The van der Waals surface area contributed by atoms with Crippen LogP contribution in [0.1, 0.15) is 13.8 Å². The SMILES string of the molecule is COc1ccc(S(=O)(=O)Nc2ccc(NCC(C)C)cn2)cc1. The topological polar surface area (TPSA) is 80.3 Å². The molecule has 0 aliphatic rings. The molecule has 0 amide bonds. The minimum absolute atomic E-state index is 0.155. The van der Waals surface area contributed by atoms with Crippen LogP contribution >= 0.6 is 0 Å². The highest BCUT2D eigenvalue weighted by molar-refractivity contribution is 7.92. The summed E-state index contributed by atoms with van der Waals surface area (Å²) in [6.45, 7) is 5.05. The number of nitrogens with zero attached hydrogens (tertiary/aromatic N) is 1. The third-order valence-electron chi connectivity index (χ3n) is 3.09. The van der Waals surface area contributed by atoms with Gasteiger partial charge in [0.05, 0.1) is 23.9 Å². The number of benzene rings is 1. The lowest BCUT2D eigenvalue weighted by Gasteiger charge is -2.10. The Morgan fingerprint density at radius 2 is 1.83 bits per heavy atom. The maximum absolute atomic E-state index is 12.3. The molecule has 0 aliphatic heterocycles. The summed E-state index contributed by atoms with van der Waals surface area (Å²) in [5.41, 5.74) is 0.853. The molecule has 0 unspecified atom stereocenters. The number of hydrogen-bond donors (Lipinski definition) is 2. The van der Waals surface area contributed by atoms with Gasteiger partial charge in [-0.15, -0.1) is 0 Å². The van der Waals surface area contributed by atoms with Crippen LogP contribution in [0, 0.1) is 5.92 Å². The molecule has 6 nitrogen and oxygen atoms in total. The molecule has 0 spiro atoms. The Morgan fingerprint density at radius 3 is 2.35 bits per heavy atom. The van der Waals surface area contributed by atoms with Crippen molar-refractivity contribution in [3.63, 3.8) is 0 Å². The zero-order valence-corrected chi connectivity index (χ0v) is 14.2. The number of sulfonamides is 1. The smallest absolute Gasteiger partial charge is 0.263 e. The standard InChI is InChI=1S/C16H21N3O3S/c1-12(2)10-17-13-4-9-16(18-11-13)19-23(20,21)15-7-5-14(22-3)6-8-15/h4-9,11-12,17H,10H2,1-3H3,(H,18,19). The van der Waals surface area contributed by atoms with Crippen LogP contribution in [0.2, 0.25) is 0 Å². The van der Waals surface area contributed by atoms with Gasteiger partial charge in [-0.25, -0.2) is 13.4 Å². The van der Waals surface area contributed by atoms with Crippen molar-refractivity contribution in [2.24, 2.45) is 5.92 Å². The zero-order chi connectivity index (χ0) is 16.9. The molecule has 0 fully saturated rings. The van der Waals surface area contributed by atoms with E-state index >= 15 is 0 Å². The highest BCUT2D eigenvalue weighted by Gasteiger charge is 2.14. The van der Waals surface area contributed by atoms with Gasteiger partial charge in [-0.3, -0.25) is 4.72 Å². The molecular formula is C16H21N3O3S. The maximum Gasteiger partial charge on any atom is 0.263 e.